The van der Waals surface area contributed by atoms with E-state index in [4.69, 9.17) is 4.74 Å². The number of carbonyl (C=O) groups is 2. The molecule has 1 aliphatic heterocycles. The largest absolute Gasteiger partial charge is 0.507 e. The van der Waals surface area contributed by atoms with Gasteiger partial charge in [0.05, 0.1) is 18.2 Å². The summed E-state index contributed by atoms with van der Waals surface area (Å²) in [5.41, 5.74) is 1.90. The fourth-order valence-corrected chi connectivity index (χ4v) is 3.68. The van der Waals surface area contributed by atoms with Gasteiger partial charge in [0.15, 0.2) is 0 Å². The summed E-state index contributed by atoms with van der Waals surface area (Å²) in [6, 6.07) is 13.2. The van der Waals surface area contributed by atoms with Crippen molar-refractivity contribution >= 4 is 17.4 Å². The SMILES string of the molecule is CCOc1cccc(C2C(=C(O)c3ccncc3)C(=O)C(=O)N2Cc2cccnc2)c1. The quantitative estimate of drug-likeness (QED) is 0.376. The van der Waals surface area contributed by atoms with Crippen LogP contribution in [-0.4, -0.2) is 38.3 Å². The van der Waals surface area contributed by atoms with Crippen molar-refractivity contribution < 1.29 is 19.4 Å². The van der Waals surface area contributed by atoms with Gasteiger partial charge in [-0.05, 0) is 48.4 Å². The number of carbonyl (C=O) groups excluding carboxylic acids is 2. The molecule has 1 N–H and O–H groups in total. The van der Waals surface area contributed by atoms with Gasteiger partial charge in [0.2, 0.25) is 0 Å². The predicted molar refractivity (Wildman–Crippen MR) is 114 cm³/mol. The number of pyridine rings is 2. The maximum Gasteiger partial charge on any atom is 0.295 e. The molecule has 0 saturated carbocycles. The third kappa shape index (κ3) is 4.02. The van der Waals surface area contributed by atoms with E-state index in [0.29, 0.717) is 23.5 Å². The lowest BCUT2D eigenvalue weighted by atomic mass is 9.95. The van der Waals surface area contributed by atoms with Gasteiger partial charge < -0.3 is 14.7 Å². The zero-order valence-electron chi connectivity index (χ0n) is 16.9. The number of rotatable bonds is 6. The van der Waals surface area contributed by atoms with Gasteiger partial charge >= 0.3 is 0 Å². The average molecular weight is 415 g/mol. The van der Waals surface area contributed by atoms with Gasteiger partial charge in [-0.25, -0.2) is 0 Å². The predicted octanol–water partition coefficient (Wildman–Crippen LogP) is 3.50. The highest BCUT2D eigenvalue weighted by Crippen LogP contribution is 2.40. The minimum atomic E-state index is -0.770. The van der Waals surface area contributed by atoms with Crippen LogP contribution in [0.1, 0.15) is 29.7 Å². The van der Waals surface area contributed by atoms with E-state index in [-0.39, 0.29) is 17.9 Å². The van der Waals surface area contributed by atoms with E-state index in [9.17, 15) is 14.7 Å². The molecule has 1 atom stereocenters. The number of hydrogen-bond acceptors (Lipinski definition) is 6. The van der Waals surface area contributed by atoms with Gasteiger partial charge in [0.25, 0.3) is 11.7 Å². The lowest BCUT2D eigenvalue weighted by Crippen LogP contribution is -2.29. The molecular formula is C24H21N3O4. The molecule has 1 saturated heterocycles. The summed E-state index contributed by atoms with van der Waals surface area (Å²) in [7, 11) is 0. The Labute approximate surface area is 179 Å². The number of aliphatic hydroxyl groups excluding tert-OH is 1. The molecule has 7 nitrogen and oxygen atoms in total. The van der Waals surface area contributed by atoms with Gasteiger partial charge in [0, 0.05) is 36.9 Å². The second kappa shape index (κ2) is 8.79. The fraction of sp³-hybridized carbons (Fsp3) is 0.167. The molecule has 1 unspecified atom stereocenters. The molecule has 7 heteroatoms. The molecule has 0 spiro atoms. The van der Waals surface area contributed by atoms with Gasteiger partial charge in [-0.15, -0.1) is 0 Å². The molecule has 1 aliphatic rings. The van der Waals surface area contributed by atoms with E-state index in [1.54, 1.807) is 42.7 Å². The summed E-state index contributed by atoms with van der Waals surface area (Å²) in [6.07, 6.45) is 6.33. The number of benzene rings is 1. The fourth-order valence-electron chi connectivity index (χ4n) is 3.68. The summed E-state index contributed by atoms with van der Waals surface area (Å²) in [5.74, 6) is -1.02. The Bertz CT molecular complexity index is 1130. The molecule has 1 fully saturated rings. The first-order valence-electron chi connectivity index (χ1n) is 9.90. The molecule has 0 bridgehead atoms. The van der Waals surface area contributed by atoms with Crippen LogP contribution >= 0.6 is 0 Å². The van der Waals surface area contributed by atoms with Crippen LogP contribution in [0.3, 0.4) is 0 Å². The van der Waals surface area contributed by atoms with Crippen LogP contribution in [0.25, 0.3) is 5.76 Å². The number of amides is 1. The molecule has 3 aromatic rings. The lowest BCUT2D eigenvalue weighted by molar-refractivity contribution is -0.140. The van der Waals surface area contributed by atoms with Crippen LogP contribution in [0, 0.1) is 0 Å². The first kappa shape index (κ1) is 20.3. The molecular weight excluding hydrogens is 394 g/mol. The number of aliphatic hydroxyl groups is 1. The smallest absolute Gasteiger partial charge is 0.295 e. The number of ketones is 1. The van der Waals surface area contributed by atoms with Crippen LogP contribution < -0.4 is 4.74 Å². The number of aromatic nitrogens is 2. The minimum Gasteiger partial charge on any atom is -0.507 e. The van der Waals surface area contributed by atoms with Crippen molar-refractivity contribution in [2.45, 2.75) is 19.5 Å². The summed E-state index contributed by atoms with van der Waals surface area (Å²) < 4.78 is 5.61. The van der Waals surface area contributed by atoms with Crippen molar-refractivity contribution in [2.75, 3.05) is 6.61 Å². The Morgan fingerprint density at radius 1 is 1.06 bits per heavy atom. The van der Waals surface area contributed by atoms with E-state index >= 15 is 0 Å². The average Bonchev–Trinajstić information content (AvgIpc) is 3.05. The highest BCUT2D eigenvalue weighted by molar-refractivity contribution is 6.46. The highest BCUT2D eigenvalue weighted by atomic mass is 16.5. The van der Waals surface area contributed by atoms with Crippen LogP contribution in [0.4, 0.5) is 0 Å². The topological polar surface area (TPSA) is 92.6 Å². The number of likely N-dealkylation sites (tertiary alicyclic amines) is 1. The third-order valence-electron chi connectivity index (χ3n) is 5.05. The van der Waals surface area contributed by atoms with Gasteiger partial charge in [-0.1, -0.05) is 18.2 Å². The normalized spacial score (nSPS) is 17.7. The van der Waals surface area contributed by atoms with Crippen molar-refractivity contribution in [1.82, 2.24) is 14.9 Å². The summed E-state index contributed by atoms with van der Waals surface area (Å²) in [5, 5.41) is 11.0. The molecule has 2 aromatic heterocycles. The first-order valence-corrected chi connectivity index (χ1v) is 9.90. The number of nitrogens with zero attached hydrogens (tertiary/aromatic N) is 3. The Balaban J connectivity index is 1.86. The second-order valence-electron chi connectivity index (χ2n) is 7.03. The van der Waals surface area contributed by atoms with Crippen molar-refractivity contribution in [3.8, 4) is 5.75 Å². The zero-order chi connectivity index (χ0) is 21.8. The molecule has 1 aromatic carbocycles. The minimum absolute atomic E-state index is 0.0359. The van der Waals surface area contributed by atoms with E-state index in [1.807, 2.05) is 25.1 Å². The van der Waals surface area contributed by atoms with Crippen molar-refractivity contribution in [3.05, 3.63) is 95.6 Å². The van der Waals surface area contributed by atoms with Gasteiger partial charge in [0.1, 0.15) is 11.5 Å². The zero-order valence-corrected chi connectivity index (χ0v) is 16.9. The van der Waals surface area contributed by atoms with Crippen molar-refractivity contribution in [2.24, 2.45) is 0 Å². The number of hydrogen-bond donors (Lipinski definition) is 1. The van der Waals surface area contributed by atoms with E-state index < -0.39 is 17.7 Å². The van der Waals surface area contributed by atoms with E-state index in [0.717, 1.165) is 5.56 Å². The molecule has 156 valence electrons. The Hall–Kier alpha value is -4.00. The summed E-state index contributed by atoms with van der Waals surface area (Å²) >= 11 is 0. The second-order valence-corrected chi connectivity index (χ2v) is 7.03. The van der Waals surface area contributed by atoms with E-state index in [2.05, 4.69) is 9.97 Å². The Morgan fingerprint density at radius 2 is 1.87 bits per heavy atom. The maximum atomic E-state index is 13.0. The third-order valence-corrected chi connectivity index (χ3v) is 5.05. The van der Waals surface area contributed by atoms with Gasteiger partial charge in [-0.3, -0.25) is 19.6 Å². The van der Waals surface area contributed by atoms with Crippen LogP contribution in [-0.2, 0) is 16.1 Å². The molecule has 31 heavy (non-hydrogen) atoms. The van der Waals surface area contributed by atoms with Crippen LogP contribution in [0.2, 0.25) is 0 Å². The van der Waals surface area contributed by atoms with Crippen molar-refractivity contribution in [1.29, 1.82) is 0 Å². The Kier molecular flexibility index (Phi) is 5.75. The Morgan fingerprint density at radius 3 is 2.58 bits per heavy atom. The summed E-state index contributed by atoms with van der Waals surface area (Å²) in [4.78, 5) is 35.6. The summed E-state index contributed by atoms with van der Waals surface area (Å²) in [6.45, 7) is 2.54. The highest BCUT2D eigenvalue weighted by Gasteiger charge is 2.46. The lowest BCUT2D eigenvalue weighted by Gasteiger charge is -2.25. The monoisotopic (exact) mass is 415 g/mol. The maximum absolute atomic E-state index is 13.0. The molecule has 1 amide bonds. The van der Waals surface area contributed by atoms with Gasteiger partial charge in [-0.2, -0.15) is 0 Å². The number of ether oxygens (including phenoxy) is 1. The first-order chi connectivity index (χ1) is 15.1. The van der Waals surface area contributed by atoms with Crippen LogP contribution in [0.15, 0.2) is 78.9 Å². The number of Topliss-reactive ketones (excluding diaryl/α,β-unsaturated/α-hetero) is 1. The molecule has 0 aliphatic carbocycles. The van der Waals surface area contributed by atoms with Crippen molar-refractivity contribution in [3.63, 3.8) is 0 Å². The van der Waals surface area contributed by atoms with Crippen LogP contribution in [0.5, 0.6) is 5.75 Å². The standard InChI is InChI=1S/C24H21N3O4/c1-2-31-19-7-3-6-18(13-19)21-20(22(28)17-8-11-25-12-9-17)23(29)24(30)27(21)15-16-5-4-10-26-14-16/h3-14,21,28H,2,15H2,1H3. The molecule has 0 radical (unpaired) electrons. The van der Waals surface area contributed by atoms with E-state index in [1.165, 1.54) is 17.3 Å². The molecule has 3 heterocycles. The molecule has 4 rings (SSSR count).